The second kappa shape index (κ2) is 5.58. The van der Waals surface area contributed by atoms with Gasteiger partial charge in [-0.25, -0.2) is 13.4 Å². The molecule has 2 saturated heterocycles. The minimum atomic E-state index is -3.26. The van der Waals surface area contributed by atoms with E-state index in [-0.39, 0.29) is 5.91 Å². The van der Waals surface area contributed by atoms with Crippen molar-refractivity contribution in [3.8, 4) is 0 Å². The van der Waals surface area contributed by atoms with E-state index in [2.05, 4.69) is 9.97 Å². The van der Waals surface area contributed by atoms with E-state index in [1.165, 1.54) is 24.8 Å². The number of nitrogens with zero attached hydrogens (tertiary/aromatic N) is 4. The first-order chi connectivity index (χ1) is 10.4. The standard InChI is InChI=1S/C14H20N4O3S/c1-22(20,21)18-9-3-5-14(18)4-2-8-17(11-14)13(19)12-10-15-6-7-16-12/h6-7,10H,2-5,8-9,11H2,1H3/t14-/m1/s1. The van der Waals surface area contributed by atoms with Gasteiger partial charge in [-0.2, -0.15) is 4.31 Å². The van der Waals surface area contributed by atoms with Gasteiger partial charge in [-0.1, -0.05) is 0 Å². The molecule has 120 valence electrons. The van der Waals surface area contributed by atoms with Gasteiger partial charge in [-0.15, -0.1) is 0 Å². The lowest BCUT2D eigenvalue weighted by atomic mass is 9.87. The smallest absolute Gasteiger partial charge is 0.274 e. The minimum Gasteiger partial charge on any atom is -0.335 e. The third-order valence-corrected chi connectivity index (χ3v) is 5.93. The molecule has 1 aromatic heterocycles. The molecule has 0 unspecified atom stereocenters. The van der Waals surface area contributed by atoms with Crippen molar-refractivity contribution in [1.82, 2.24) is 19.2 Å². The zero-order valence-corrected chi connectivity index (χ0v) is 13.4. The number of amides is 1. The van der Waals surface area contributed by atoms with E-state index in [0.29, 0.717) is 25.3 Å². The first-order valence-corrected chi connectivity index (χ1v) is 9.30. The Morgan fingerprint density at radius 2 is 1.95 bits per heavy atom. The molecule has 1 spiro atoms. The number of likely N-dealkylation sites (tertiary alicyclic amines) is 1. The summed E-state index contributed by atoms with van der Waals surface area (Å²) in [6, 6.07) is 0. The molecule has 0 bridgehead atoms. The van der Waals surface area contributed by atoms with Crippen LogP contribution < -0.4 is 0 Å². The number of carbonyl (C=O) groups is 1. The molecule has 0 radical (unpaired) electrons. The minimum absolute atomic E-state index is 0.174. The fraction of sp³-hybridized carbons (Fsp3) is 0.643. The second-order valence-electron chi connectivity index (χ2n) is 6.08. The Bertz CT molecular complexity index is 664. The molecule has 0 N–H and O–H groups in total. The summed E-state index contributed by atoms with van der Waals surface area (Å²) in [7, 11) is -3.26. The maximum Gasteiger partial charge on any atom is 0.274 e. The Morgan fingerprint density at radius 1 is 1.23 bits per heavy atom. The number of hydrogen-bond donors (Lipinski definition) is 0. The van der Waals surface area contributed by atoms with Crippen LogP contribution >= 0.6 is 0 Å². The Kier molecular flexibility index (Phi) is 3.90. The Balaban J connectivity index is 1.84. The van der Waals surface area contributed by atoms with E-state index in [9.17, 15) is 13.2 Å². The van der Waals surface area contributed by atoms with Crippen molar-refractivity contribution in [1.29, 1.82) is 0 Å². The van der Waals surface area contributed by atoms with Gasteiger partial charge in [-0.3, -0.25) is 9.78 Å². The molecule has 0 aliphatic carbocycles. The van der Waals surface area contributed by atoms with Crippen LogP contribution in [0.4, 0.5) is 0 Å². The molecule has 22 heavy (non-hydrogen) atoms. The predicted octanol–water partition coefficient (Wildman–Crippen LogP) is 0.507. The van der Waals surface area contributed by atoms with Crippen molar-refractivity contribution >= 4 is 15.9 Å². The van der Waals surface area contributed by atoms with E-state index < -0.39 is 15.6 Å². The van der Waals surface area contributed by atoms with Gasteiger partial charge < -0.3 is 4.90 Å². The highest BCUT2D eigenvalue weighted by molar-refractivity contribution is 7.88. The van der Waals surface area contributed by atoms with Crippen LogP contribution in [0.2, 0.25) is 0 Å². The summed E-state index contributed by atoms with van der Waals surface area (Å²) in [4.78, 5) is 22.2. The van der Waals surface area contributed by atoms with E-state index >= 15 is 0 Å². The van der Waals surface area contributed by atoms with E-state index in [0.717, 1.165) is 25.7 Å². The zero-order chi connectivity index (χ0) is 15.8. The predicted molar refractivity (Wildman–Crippen MR) is 80.7 cm³/mol. The van der Waals surface area contributed by atoms with Gasteiger partial charge in [-0.05, 0) is 25.7 Å². The van der Waals surface area contributed by atoms with Gasteiger partial charge in [0.25, 0.3) is 5.91 Å². The first kappa shape index (κ1) is 15.4. The van der Waals surface area contributed by atoms with Crippen LogP contribution in [0.3, 0.4) is 0 Å². The number of piperidine rings is 1. The molecule has 7 nitrogen and oxygen atoms in total. The highest BCUT2D eigenvalue weighted by atomic mass is 32.2. The lowest BCUT2D eigenvalue weighted by Crippen LogP contribution is -2.58. The fourth-order valence-corrected chi connectivity index (χ4v) is 5.10. The third kappa shape index (κ3) is 2.72. The van der Waals surface area contributed by atoms with Crippen LogP contribution in [0, 0.1) is 0 Å². The average molecular weight is 324 g/mol. The SMILES string of the molecule is CS(=O)(=O)N1CCC[C@@]12CCCN(C(=O)c1cnccn1)C2. The Hall–Kier alpha value is -1.54. The molecule has 2 aliphatic heterocycles. The third-order valence-electron chi connectivity index (χ3n) is 4.56. The van der Waals surface area contributed by atoms with Crippen LogP contribution in [0.25, 0.3) is 0 Å². The maximum absolute atomic E-state index is 12.6. The summed E-state index contributed by atoms with van der Waals surface area (Å²) in [5, 5.41) is 0. The maximum atomic E-state index is 12.6. The molecule has 3 rings (SSSR count). The summed E-state index contributed by atoms with van der Waals surface area (Å²) < 4.78 is 25.7. The van der Waals surface area contributed by atoms with Crippen molar-refractivity contribution in [2.45, 2.75) is 31.2 Å². The van der Waals surface area contributed by atoms with Gasteiger partial charge in [0.1, 0.15) is 5.69 Å². The quantitative estimate of drug-likeness (QED) is 0.791. The number of carbonyl (C=O) groups excluding carboxylic acids is 1. The second-order valence-corrected chi connectivity index (χ2v) is 7.99. The molecule has 1 amide bonds. The van der Waals surface area contributed by atoms with Crippen LogP contribution in [0.1, 0.15) is 36.2 Å². The van der Waals surface area contributed by atoms with Crippen molar-refractivity contribution in [3.63, 3.8) is 0 Å². The summed E-state index contributed by atoms with van der Waals surface area (Å²) in [5.74, 6) is -0.174. The van der Waals surface area contributed by atoms with Gasteiger partial charge in [0, 0.05) is 32.0 Å². The fourth-order valence-electron chi connectivity index (χ4n) is 3.70. The monoisotopic (exact) mass is 324 g/mol. The Labute approximate surface area is 130 Å². The molecule has 2 aliphatic rings. The molecule has 0 aromatic carbocycles. The van der Waals surface area contributed by atoms with Gasteiger partial charge >= 0.3 is 0 Å². The van der Waals surface area contributed by atoms with Crippen molar-refractivity contribution in [2.24, 2.45) is 0 Å². The molecule has 8 heteroatoms. The van der Waals surface area contributed by atoms with E-state index in [1.54, 1.807) is 9.21 Å². The number of sulfonamides is 1. The Morgan fingerprint density at radius 3 is 2.59 bits per heavy atom. The lowest BCUT2D eigenvalue weighted by molar-refractivity contribution is 0.0518. The van der Waals surface area contributed by atoms with E-state index in [4.69, 9.17) is 0 Å². The molecule has 1 atom stereocenters. The van der Waals surface area contributed by atoms with Crippen LogP contribution in [0.15, 0.2) is 18.6 Å². The van der Waals surface area contributed by atoms with Gasteiger partial charge in [0.2, 0.25) is 10.0 Å². The lowest BCUT2D eigenvalue weighted by Gasteiger charge is -2.44. The highest BCUT2D eigenvalue weighted by Crippen LogP contribution is 2.39. The molecule has 1 aromatic rings. The highest BCUT2D eigenvalue weighted by Gasteiger charge is 2.48. The van der Waals surface area contributed by atoms with Crippen LogP contribution in [-0.4, -0.2) is 64.9 Å². The topological polar surface area (TPSA) is 83.5 Å². The van der Waals surface area contributed by atoms with Crippen molar-refractivity contribution in [3.05, 3.63) is 24.3 Å². The van der Waals surface area contributed by atoms with Gasteiger partial charge in [0.15, 0.2) is 0 Å². The van der Waals surface area contributed by atoms with Gasteiger partial charge in [0.05, 0.1) is 18.0 Å². The zero-order valence-electron chi connectivity index (χ0n) is 12.6. The first-order valence-electron chi connectivity index (χ1n) is 7.46. The largest absolute Gasteiger partial charge is 0.335 e. The van der Waals surface area contributed by atoms with Crippen LogP contribution in [-0.2, 0) is 10.0 Å². The van der Waals surface area contributed by atoms with Crippen LogP contribution in [0.5, 0.6) is 0 Å². The van der Waals surface area contributed by atoms with E-state index in [1.807, 2.05) is 0 Å². The summed E-state index contributed by atoms with van der Waals surface area (Å²) in [6.45, 7) is 1.62. The average Bonchev–Trinajstić information content (AvgIpc) is 2.90. The summed E-state index contributed by atoms with van der Waals surface area (Å²) in [6.07, 6.45) is 8.99. The van der Waals surface area contributed by atoms with Crippen molar-refractivity contribution in [2.75, 3.05) is 25.9 Å². The molecule has 3 heterocycles. The molecular weight excluding hydrogens is 304 g/mol. The number of rotatable bonds is 2. The van der Waals surface area contributed by atoms with Crippen molar-refractivity contribution < 1.29 is 13.2 Å². The summed E-state index contributed by atoms with van der Waals surface area (Å²) in [5.41, 5.74) is -0.132. The number of hydrogen-bond acceptors (Lipinski definition) is 5. The molecule has 2 fully saturated rings. The summed E-state index contributed by atoms with van der Waals surface area (Å²) >= 11 is 0. The molecule has 0 saturated carbocycles. The normalized spacial score (nSPS) is 26.5. The molecular formula is C14H20N4O3S. The number of aromatic nitrogens is 2.